The molecule has 0 saturated heterocycles. The van der Waals surface area contributed by atoms with Gasteiger partial charge in [-0.15, -0.1) is 0 Å². The van der Waals surface area contributed by atoms with Gasteiger partial charge in [0.15, 0.2) is 6.61 Å². The molecular formula is C19H28N4O4. The minimum absolute atomic E-state index is 0.0293. The van der Waals surface area contributed by atoms with Crippen molar-refractivity contribution >= 4 is 17.9 Å². The molecule has 1 heterocycles. The van der Waals surface area contributed by atoms with Crippen molar-refractivity contribution in [2.45, 2.75) is 59.0 Å². The lowest BCUT2D eigenvalue weighted by atomic mass is 9.84. The van der Waals surface area contributed by atoms with Crippen LogP contribution in [0.15, 0.2) is 6.07 Å². The number of amides is 3. The number of hydrogen-bond donors (Lipinski definition) is 2. The molecule has 27 heavy (non-hydrogen) atoms. The zero-order valence-corrected chi connectivity index (χ0v) is 16.2. The van der Waals surface area contributed by atoms with Crippen molar-refractivity contribution in [1.29, 1.82) is 0 Å². The average Bonchev–Trinajstić information content (AvgIpc) is 3.29. The number of carbonyl (C=O) groups is 3. The van der Waals surface area contributed by atoms with Crippen LogP contribution in [0.3, 0.4) is 0 Å². The second-order valence-electron chi connectivity index (χ2n) is 7.89. The summed E-state index contributed by atoms with van der Waals surface area (Å²) in [6.45, 7) is 5.10. The van der Waals surface area contributed by atoms with Gasteiger partial charge in [-0.3, -0.25) is 19.6 Å². The summed E-state index contributed by atoms with van der Waals surface area (Å²) >= 11 is 0. The number of ether oxygens (including phenoxy) is 1. The van der Waals surface area contributed by atoms with Crippen molar-refractivity contribution < 1.29 is 19.1 Å². The number of rotatable bonds is 6. The summed E-state index contributed by atoms with van der Waals surface area (Å²) in [6, 6.07) is 1.34. The van der Waals surface area contributed by atoms with Crippen molar-refractivity contribution in [2.24, 2.45) is 17.8 Å². The summed E-state index contributed by atoms with van der Waals surface area (Å²) in [5.41, 5.74) is 1.64. The Kier molecular flexibility index (Phi) is 5.82. The van der Waals surface area contributed by atoms with E-state index in [1.165, 1.54) is 23.9 Å². The molecule has 1 aromatic rings. The first-order valence-corrected chi connectivity index (χ1v) is 9.59. The maximum atomic E-state index is 12.0. The summed E-state index contributed by atoms with van der Waals surface area (Å²) in [5, 5.41) is 9.24. The van der Waals surface area contributed by atoms with Gasteiger partial charge >= 0.3 is 12.0 Å². The summed E-state index contributed by atoms with van der Waals surface area (Å²) in [4.78, 5) is 35.7. The minimum atomic E-state index is -0.644. The van der Waals surface area contributed by atoms with Gasteiger partial charge in [0.05, 0.1) is 5.69 Å². The van der Waals surface area contributed by atoms with Gasteiger partial charge < -0.3 is 10.1 Å². The van der Waals surface area contributed by atoms with E-state index < -0.39 is 24.5 Å². The molecule has 4 atom stereocenters. The van der Waals surface area contributed by atoms with Crippen LogP contribution >= 0.6 is 0 Å². The van der Waals surface area contributed by atoms with E-state index in [2.05, 4.69) is 15.7 Å². The van der Waals surface area contributed by atoms with Crippen LogP contribution in [-0.4, -0.2) is 40.3 Å². The van der Waals surface area contributed by atoms with E-state index in [4.69, 9.17) is 4.74 Å². The van der Waals surface area contributed by atoms with Gasteiger partial charge in [0, 0.05) is 11.7 Å². The fourth-order valence-corrected chi connectivity index (χ4v) is 4.57. The Morgan fingerprint density at radius 3 is 2.67 bits per heavy atom. The first kappa shape index (κ1) is 19.4. The highest BCUT2D eigenvalue weighted by atomic mass is 16.5. The molecule has 3 rings (SSSR count). The molecule has 148 valence electrons. The molecule has 2 saturated carbocycles. The SMILES string of the molecule is Cc1cc(C)n(CC(=O)OCC(=O)NC(=O)NC(C)C2CC3CCC2C3)n1. The monoisotopic (exact) mass is 376 g/mol. The smallest absolute Gasteiger partial charge is 0.328 e. The molecule has 2 aliphatic carbocycles. The van der Waals surface area contributed by atoms with Crippen LogP contribution in [0.1, 0.15) is 44.0 Å². The fraction of sp³-hybridized carbons (Fsp3) is 0.684. The summed E-state index contributed by atoms with van der Waals surface area (Å²) in [7, 11) is 0. The van der Waals surface area contributed by atoms with Crippen molar-refractivity contribution in [3.05, 3.63) is 17.5 Å². The lowest BCUT2D eigenvalue weighted by Crippen LogP contribution is -2.48. The van der Waals surface area contributed by atoms with Gasteiger partial charge in [0.25, 0.3) is 5.91 Å². The van der Waals surface area contributed by atoms with Crippen LogP contribution in [0.5, 0.6) is 0 Å². The Morgan fingerprint density at radius 1 is 1.30 bits per heavy atom. The van der Waals surface area contributed by atoms with E-state index in [1.807, 2.05) is 26.8 Å². The first-order chi connectivity index (χ1) is 12.8. The summed E-state index contributed by atoms with van der Waals surface area (Å²) in [6.07, 6.45) is 4.97. The van der Waals surface area contributed by atoms with E-state index in [0.29, 0.717) is 11.8 Å². The summed E-state index contributed by atoms with van der Waals surface area (Å²) in [5.74, 6) is 0.761. The van der Waals surface area contributed by atoms with Crippen molar-refractivity contribution in [2.75, 3.05) is 6.61 Å². The second-order valence-corrected chi connectivity index (χ2v) is 7.89. The topological polar surface area (TPSA) is 102 Å². The third kappa shape index (κ3) is 4.87. The van der Waals surface area contributed by atoms with Gasteiger partial charge in [-0.05, 0) is 63.9 Å². The maximum Gasteiger partial charge on any atom is 0.328 e. The van der Waals surface area contributed by atoms with Crippen molar-refractivity contribution in [3.8, 4) is 0 Å². The van der Waals surface area contributed by atoms with Crippen LogP contribution in [-0.2, 0) is 20.9 Å². The van der Waals surface area contributed by atoms with Gasteiger partial charge in [-0.2, -0.15) is 5.10 Å². The Hall–Kier alpha value is -2.38. The molecule has 0 spiro atoms. The number of nitrogens with zero attached hydrogens (tertiary/aromatic N) is 2. The number of nitrogens with one attached hydrogen (secondary N) is 2. The van der Waals surface area contributed by atoms with Crippen LogP contribution in [0, 0.1) is 31.6 Å². The third-order valence-electron chi connectivity index (χ3n) is 5.79. The standard InChI is InChI=1S/C19H28N4O4/c1-11-6-12(2)23(22-11)9-18(25)27-10-17(24)21-19(26)20-13(3)16-8-14-4-5-15(16)7-14/h6,13-16H,4-5,7-10H2,1-3H3,(H2,20,21,24,26). The lowest BCUT2D eigenvalue weighted by molar-refractivity contribution is -0.149. The number of aromatic nitrogens is 2. The number of hydrogen-bond acceptors (Lipinski definition) is 5. The summed E-state index contributed by atoms with van der Waals surface area (Å²) < 4.78 is 6.44. The molecule has 0 radical (unpaired) electrons. The quantitative estimate of drug-likeness (QED) is 0.736. The highest BCUT2D eigenvalue weighted by Gasteiger charge is 2.42. The van der Waals surface area contributed by atoms with Crippen LogP contribution < -0.4 is 10.6 Å². The van der Waals surface area contributed by atoms with Gasteiger partial charge in [-0.25, -0.2) is 4.79 Å². The molecule has 8 heteroatoms. The molecule has 2 aliphatic rings. The molecule has 2 fully saturated rings. The van der Waals surface area contributed by atoms with Crippen LogP contribution in [0.2, 0.25) is 0 Å². The largest absolute Gasteiger partial charge is 0.454 e. The van der Waals surface area contributed by atoms with E-state index in [0.717, 1.165) is 23.7 Å². The Balaban J connectivity index is 1.36. The molecule has 2 bridgehead atoms. The average molecular weight is 376 g/mol. The van der Waals surface area contributed by atoms with E-state index in [1.54, 1.807) is 0 Å². The molecule has 0 aromatic carbocycles. The van der Waals surface area contributed by atoms with Crippen molar-refractivity contribution in [1.82, 2.24) is 20.4 Å². The number of aryl methyl sites for hydroxylation is 2. The zero-order chi connectivity index (χ0) is 19.6. The number of fused-ring (bicyclic) bond motifs is 2. The second kappa shape index (κ2) is 8.10. The van der Waals surface area contributed by atoms with Crippen molar-refractivity contribution in [3.63, 3.8) is 0 Å². The zero-order valence-electron chi connectivity index (χ0n) is 16.2. The van der Waals surface area contributed by atoms with E-state index >= 15 is 0 Å². The van der Waals surface area contributed by atoms with E-state index in [-0.39, 0.29) is 12.6 Å². The minimum Gasteiger partial charge on any atom is -0.454 e. The number of urea groups is 1. The predicted molar refractivity (Wildman–Crippen MR) is 97.7 cm³/mol. The Morgan fingerprint density at radius 2 is 2.07 bits per heavy atom. The highest BCUT2D eigenvalue weighted by Crippen LogP contribution is 2.49. The molecule has 3 amide bonds. The fourth-order valence-electron chi connectivity index (χ4n) is 4.57. The molecule has 1 aromatic heterocycles. The molecular weight excluding hydrogens is 348 g/mol. The molecule has 2 N–H and O–H groups in total. The number of imide groups is 1. The molecule has 0 aliphatic heterocycles. The van der Waals surface area contributed by atoms with Gasteiger partial charge in [0.2, 0.25) is 0 Å². The van der Waals surface area contributed by atoms with Crippen LogP contribution in [0.4, 0.5) is 4.79 Å². The predicted octanol–water partition coefficient (Wildman–Crippen LogP) is 1.69. The Bertz CT molecular complexity index is 729. The lowest BCUT2D eigenvalue weighted by Gasteiger charge is -2.28. The highest BCUT2D eigenvalue weighted by molar-refractivity contribution is 5.95. The third-order valence-corrected chi connectivity index (χ3v) is 5.79. The molecule has 4 unspecified atom stereocenters. The number of esters is 1. The maximum absolute atomic E-state index is 12.0. The Labute approximate surface area is 159 Å². The van der Waals surface area contributed by atoms with Gasteiger partial charge in [-0.1, -0.05) is 6.42 Å². The molecule has 8 nitrogen and oxygen atoms in total. The van der Waals surface area contributed by atoms with E-state index in [9.17, 15) is 14.4 Å². The number of carbonyl (C=O) groups excluding carboxylic acids is 3. The van der Waals surface area contributed by atoms with Crippen LogP contribution in [0.25, 0.3) is 0 Å². The van der Waals surface area contributed by atoms with Gasteiger partial charge in [0.1, 0.15) is 6.54 Å². The normalized spacial score (nSPS) is 24.5. The first-order valence-electron chi connectivity index (χ1n) is 9.59.